The summed E-state index contributed by atoms with van der Waals surface area (Å²) < 4.78 is 15.6. The molecular weight excluding hydrogens is 416 g/mol. The second-order valence-electron chi connectivity index (χ2n) is 7.23. The number of benzene rings is 2. The molecule has 1 atom stereocenters. The van der Waals surface area contributed by atoms with E-state index in [1.807, 2.05) is 0 Å². The number of ether oxygens (including phenoxy) is 3. The van der Waals surface area contributed by atoms with E-state index in [9.17, 15) is 19.2 Å². The third-order valence-corrected chi connectivity index (χ3v) is 4.60. The number of hydrogen-bond acceptors (Lipinski definition) is 7. The lowest BCUT2D eigenvalue weighted by Crippen LogP contribution is -2.32. The quantitative estimate of drug-likeness (QED) is 0.502. The van der Waals surface area contributed by atoms with Crippen LogP contribution in [-0.2, 0) is 14.3 Å². The minimum Gasteiger partial charge on any atom is -0.427 e. The normalized spacial score (nSPS) is 15.0. The Bertz CT molecular complexity index is 995. The van der Waals surface area contributed by atoms with Crippen LogP contribution < -0.4 is 20.1 Å². The summed E-state index contributed by atoms with van der Waals surface area (Å²) in [6.45, 7) is 3.50. The van der Waals surface area contributed by atoms with Gasteiger partial charge in [0, 0.05) is 38.6 Å². The maximum absolute atomic E-state index is 12.9. The Morgan fingerprint density at radius 3 is 2.22 bits per heavy atom. The van der Waals surface area contributed by atoms with Crippen LogP contribution in [-0.4, -0.2) is 43.0 Å². The van der Waals surface area contributed by atoms with Gasteiger partial charge in [-0.1, -0.05) is 12.1 Å². The van der Waals surface area contributed by atoms with E-state index in [2.05, 4.69) is 10.6 Å². The Kier molecular flexibility index (Phi) is 7.56. The fraction of sp³-hybridized carbons (Fsp3) is 0.304. The SMILES string of the molecule is CC(=O)Oc1cc(OC(C)=O)cc(C(=O)Nc2ccccc2C(=O)NCC2CCCO2)c1. The molecule has 1 aliphatic heterocycles. The van der Waals surface area contributed by atoms with Gasteiger partial charge < -0.3 is 24.8 Å². The van der Waals surface area contributed by atoms with Crippen LogP contribution in [0.25, 0.3) is 0 Å². The lowest BCUT2D eigenvalue weighted by molar-refractivity contribution is -0.132. The fourth-order valence-electron chi connectivity index (χ4n) is 3.24. The lowest BCUT2D eigenvalue weighted by atomic mass is 10.1. The minimum atomic E-state index is -0.593. The third kappa shape index (κ3) is 6.39. The Morgan fingerprint density at radius 1 is 0.969 bits per heavy atom. The van der Waals surface area contributed by atoms with Crippen molar-refractivity contribution in [1.29, 1.82) is 0 Å². The van der Waals surface area contributed by atoms with Crippen molar-refractivity contribution in [2.45, 2.75) is 32.8 Å². The molecule has 0 spiro atoms. The van der Waals surface area contributed by atoms with Crippen LogP contribution in [0.2, 0.25) is 0 Å². The summed E-state index contributed by atoms with van der Waals surface area (Å²) in [6.07, 6.45) is 1.85. The van der Waals surface area contributed by atoms with Crippen LogP contribution in [0.4, 0.5) is 5.69 Å². The Hall–Kier alpha value is -3.72. The molecule has 1 fully saturated rings. The van der Waals surface area contributed by atoms with Gasteiger partial charge in [0.05, 0.1) is 17.4 Å². The molecule has 0 aromatic heterocycles. The molecule has 3 rings (SSSR count). The number of carbonyl (C=O) groups is 4. The zero-order valence-corrected chi connectivity index (χ0v) is 17.8. The largest absolute Gasteiger partial charge is 0.427 e. The van der Waals surface area contributed by atoms with Crippen molar-refractivity contribution in [3.05, 3.63) is 53.6 Å². The van der Waals surface area contributed by atoms with E-state index in [1.54, 1.807) is 24.3 Å². The third-order valence-electron chi connectivity index (χ3n) is 4.60. The molecule has 0 radical (unpaired) electrons. The maximum Gasteiger partial charge on any atom is 0.308 e. The highest BCUT2D eigenvalue weighted by molar-refractivity contribution is 6.09. The zero-order valence-electron chi connectivity index (χ0n) is 17.8. The summed E-state index contributed by atoms with van der Waals surface area (Å²) >= 11 is 0. The highest BCUT2D eigenvalue weighted by Crippen LogP contribution is 2.25. The molecule has 0 saturated carbocycles. The number of nitrogens with one attached hydrogen (secondary N) is 2. The molecule has 2 aromatic carbocycles. The summed E-state index contributed by atoms with van der Waals surface area (Å²) in [5, 5.41) is 5.51. The van der Waals surface area contributed by atoms with E-state index < -0.39 is 17.8 Å². The molecule has 2 N–H and O–H groups in total. The molecule has 9 heteroatoms. The summed E-state index contributed by atoms with van der Waals surface area (Å²) in [5.41, 5.74) is 0.666. The van der Waals surface area contributed by atoms with Crippen LogP contribution in [0.1, 0.15) is 47.4 Å². The molecule has 2 aromatic rings. The molecule has 0 aliphatic carbocycles. The Morgan fingerprint density at radius 2 is 1.62 bits per heavy atom. The standard InChI is InChI=1S/C23H24N2O7/c1-14(26)31-18-10-16(11-19(12-18)32-15(2)27)22(28)25-21-8-4-3-7-20(21)23(29)24-13-17-6-5-9-30-17/h3-4,7-8,10-12,17H,5-6,9,13H2,1-2H3,(H,24,29)(H,25,28). The van der Waals surface area contributed by atoms with Crippen LogP contribution in [0.3, 0.4) is 0 Å². The number of rotatable bonds is 7. The van der Waals surface area contributed by atoms with Crippen LogP contribution in [0.15, 0.2) is 42.5 Å². The zero-order chi connectivity index (χ0) is 23.1. The highest BCUT2D eigenvalue weighted by atomic mass is 16.5. The van der Waals surface area contributed by atoms with Gasteiger partial charge in [-0.15, -0.1) is 0 Å². The predicted molar refractivity (Wildman–Crippen MR) is 115 cm³/mol. The first-order valence-corrected chi connectivity index (χ1v) is 10.1. The number of para-hydroxylation sites is 1. The molecule has 1 unspecified atom stereocenters. The first-order chi connectivity index (χ1) is 15.3. The molecular formula is C23H24N2O7. The van der Waals surface area contributed by atoms with Gasteiger partial charge in [-0.05, 0) is 37.1 Å². The summed E-state index contributed by atoms with van der Waals surface area (Å²) in [6, 6.07) is 10.6. The number of hydrogen-bond donors (Lipinski definition) is 2. The van der Waals surface area contributed by atoms with Gasteiger partial charge in [0.15, 0.2) is 0 Å². The number of carbonyl (C=O) groups excluding carboxylic acids is 4. The van der Waals surface area contributed by atoms with Gasteiger partial charge in [-0.25, -0.2) is 0 Å². The molecule has 168 valence electrons. The average Bonchev–Trinajstić information content (AvgIpc) is 3.25. The van der Waals surface area contributed by atoms with Crippen LogP contribution in [0.5, 0.6) is 11.5 Å². The summed E-state index contributed by atoms with van der Waals surface area (Å²) in [4.78, 5) is 48.2. The van der Waals surface area contributed by atoms with Gasteiger partial charge in [-0.3, -0.25) is 19.2 Å². The van der Waals surface area contributed by atoms with Crippen molar-refractivity contribution in [2.24, 2.45) is 0 Å². The van der Waals surface area contributed by atoms with E-state index in [0.29, 0.717) is 18.8 Å². The van der Waals surface area contributed by atoms with Crippen LogP contribution >= 0.6 is 0 Å². The first-order valence-electron chi connectivity index (χ1n) is 10.1. The fourth-order valence-corrected chi connectivity index (χ4v) is 3.24. The van der Waals surface area contributed by atoms with Crippen molar-refractivity contribution >= 4 is 29.4 Å². The van der Waals surface area contributed by atoms with Crippen molar-refractivity contribution < 1.29 is 33.4 Å². The van der Waals surface area contributed by atoms with Crippen molar-refractivity contribution in [1.82, 2.24) is 5.32 Å². The van der Waals surface area contributed by atoms with E-state index in [1.165, 1.54) is 32.0 Å². The molecule has 2 amide bonds. The van der Waals surface area contributed by atoms with Gasteiger partial charge in [0.1, 0.15) is 11.5 Å². The summed E-state index contributed by atoms with van der Waals surface area (Å²) in [7, 11) is 0. The van der Waals surface area contributed by atoms with Crippen molar-refractivity contribution in [2.75, 3.05) is 18.5 Å². The van der Waals surface area contributed by atoms with Gasteiger partial charge in [0.2, 0.25) is 0 Å². The molecule has 0 bridgehead atoms. The second kappa shape index (κ2) is 10.5. The number of anilines is 1. The Labute approximate surface area is 185 Å². The molecule has 1 heterocycles. The Balaban J connectivity index is 1.78. The van der Waals surface area contributed by atoms with Gasteiger partial charge in [-0.2, -0.15) is 0 Å². The molecule has 1 saturated heterocycles. The highest BCUT2D eigenvalue weighted by Gasteiger charge is 2.19. The van der Waals surface area contributed by atoms with Gasteiger partial charge in [0.25, 0.3) is 11.8 Å². The topological polar surface area (TPSA) is 120 Å². The number of esters is 2. The van der Waals surface area contributed by atoms with Crippen LogP contribution in [0, 0.1) is 0 Å². The number of amides is 2. The average molecular weight is 440 g/mol. The van der Waals surface area contributed by atoms with E-state index in [0.717, 1.165) is 12.8 Å². The van der Waals surface area contributed by atoms with Crippen molar-refractivity contribution in [3.8, 4) is 11.5 Å². The maximum atomic E-state index is 12.9. The molecule has 32 heavy (non-hydrogen) atoms. The molecule has 1 aliphatic rings. The smallest absolute Gasteiger partial charge is 0.308 e. The van der Waals surface area contributed by atoms with E-state index in [-0.39, 0.29) is 34.6 Å². The second-order valence-corrected chi connectivity index (χ2v) is 7.23. The summed E-state index contributed by atoms with van der Waals surface area (Å²) in [5.74, 6) is -2.01. The lowest BCUT2D eigenvalue weighted by Gasteiger charge is -2.14. The minimum absolute atomic E-state index is 0.00980. The predicted octanol–water partition coefficient (Wildman–Crippen LogP) is 2.70. The van der Waals surface area contributed by atoms with Crippen molar-refractivity contribution in [3.63, 3.8) is 0 Å². The monoisotopic (exact) mass is 440 g/mol. The first kappa shape index (κ1) is 23.0. The van der Waals surface area contributed by atoms with E-state index >= 15 is 0 Å². The molecule has 9 nitrogen and oxygen atoms in total. The van der Waals surface area contributed by atoms with Gasteiger partial charge >= 0.3 is 11.9 Å². The van der Waals surface area contributed by atoms with E-state index in [4.69, 9.17) is 14.2 Å².